The molecule has 22 heavy (non-hydrogen) atoms. The summed E-state index contributed by atoms with van der Waals surface area (Å²) in [4.78, 5) is 23.8. The average molecular weight is 298 g/mol. The number of hydrogen-bond donors (Lipinski definition) is 3. The maximum Gasteiger partial charge on any atom is 0.273 e. The Hall–Kier alpha value is -3.16. The first kappa shape index (κ1) is 13.8. The molecule has 2 aromatic rings. The Balaban J connectivity index is 1.83. The second-order valence-electron chi connectivity index (χ2n) is 4.77. The first-order valence-electron chi connectivity index (χ1n) is 6.67. The highest BCUT2D eigenvalue weighted by Crippen LogP contribution is 2.24. The number of benzene rings is 1. The third-order valence-corrected chi connectivity index (χ3v) is 3.27. The first-order valence-corrected chi connectivity index (χ1v) is 6.67. The van der Waals surface area contributed by atoms with E-state index in [1.807, 2.05) is 18.2 Å². The molecule has 112 valence electrons. The van der Waals surface area contributed by atoms with Crippen LogP contribution in [0.5, 0.6) is 0 Å². The number of aromatic amines is 1. The smallest absolute Gasteiger partial charge is 0.273 e. The lowest BCUT2D eigenvalue weighted by Crippen LogP contribution is -2.39. The third-order valence-electron chi connectivity index (χ3n) is 3.27. The quantitative estimate of drug-likeness (QED) is 0.760. The predicted molar refractivity (Wildman–Crippen MR) is 81.2 cm³/mol. The Bertz CT molecular complexity index is 710. The van der Waals surface area contributed by atoms with Crippen LogP contribution in [0.15, 0.2) is 47.7 Å². The minimum Gasteiger partial charge on any atom is -0.368 e. The van der Waals surface area contributed by atoms with Crippen LogP contribution in [0.1, 0.15) is 6.42 Å². The molecule has 0 aliphatic carbocycles. The Morgan fingerprint density at radius 2 is 2.05 bits per heavy atom. The lowest BCUT2D eigenvalue weighted by atomic mass is 10.1. The van der Waals surface area contributed by atoms with Gasteiger partial charge in [0.2, 0.25) is 5.91 Å². The van der Waals surface area contributed by atoms with Gasteiger partial charge in [-0.2, -0.15) is 10.2 Å². The molecule has 3 rings (SSSR count). The van der Waals surface area contributed by atoms with Crippen molar-refractivity contribution in [3.8, 4) is 0 Å². The molecule has 1 unspecified atom stereocenters. The number of nitrogens with two attached hydrogens (primary N) is 1. The van der Waals surface area contributed by atoms with Gasteiger partial charge in [0.1, 0.15) is 17.6 Å². The van der Waals surface area contributed by atoms with Gasteiger partial charge < -0.3 is 11.1 Å². The predicted octanol–water partition coefficient (Wildman–Crippen LogP) is 0.468. The highest BCUT2D eigenvalue weighted by molar-refractivity contribution is 6.44. The largest absolute Gasteiger partial charge is 0.368 e. The lowest BCUT2D eigenvalue weighted by Gasteiger charge is -2.20. The van der Waals surface area contributed by atoms with E-state index in [-0.39, 0.29) is 12.1 Å². The van der Waals surface area contributed by atoms with Crippen LogP contribution in [0.3, 0.4) is 0 Å². The van der Waals surface area contributed by atoms with Gasteiger partial charge in [-0.3, -0.25) is 19.7 Å². The SMILES string of the molecule is NC(=O)C1CC(C(=O)Nc2ccn[nH]2)=NN1c1ccccc1. The van der Waals surface area contributed by atoms with Crippen molar-refractivity contribution >= 4 is 29.0 Å². The number of nitrogens with zero attached hydrogens (tertiary/aromatic N) is 3. The number of carbonyl (C=O) groups excluding carboxylic acids is 2. The van der Waals surface area contributed by atoms with Crippen molar-refractivity contribution in [2.75, 3.05) is 10.3 Å². The Labute approximate surface area is 126 Å². The fourth-order valence-electron chi connectivity index (χ4n) is 2.21. The second-order valence-corrected chi connectivity index (χ2v) is 4.77. The number of H-pyrrole nitrogens is 1. The van der Waals surface area contributed by atoms with Crippen molar-refractivity contribution in [3.05, 3.63) is 42.6 Å². The zero-order valence-electron chi connectivity index (χ0n) is 11.6. The van der Waals surface area contributed by atoms with Gasteiger partial charge in [-0.25, -0.2) is 0 Å². The summed E-state index contributed by atoms with van der Waals surface area (Å²) in [6.07, 6.45) is 1.68. The zero-order valence-corrected chi connectivity index (χ0v) is 11.6. The van der Waals surface area contributed by atoms with Crippen molar-refractivity contribution in [1.29, 1.82) is 0 Å². The molecule has 1 aliphatic heterocycles. The number of rotatable bonds is 4. The molecule has 1 aliphatic rings. The van der Waals surface area contributed by atoms with Crippen LogP contribution in [0.2, 0.25) is 0 Å². The molecule has 4 N–H and O–H groups in total. The van der Waals surface area contributed by atoms with Crippen molar-refractivity contribution in [3.63, 3.8) is 0 Å². The molecule has 0 saturated heterocycles. The van der Waals surface area contributed by atoms with Crippen molar-refractivity contribution < 1.29 is 9.59 Å². The van der Waals surface area contributed by atoms with Crippen LogP contribution in [0.25, 0.3) is 0 Å². The monoisotopic (exact) mass is 298 g/mol. The summed E-state index contributed by atoms with van der Waals surface area (Å²) in [6.45, 7) is 0. The number of para-hydroxylation sites is 1. The summed E-state index contributed by atoms with van der Waals surface area (Å²) in [5.41, 5.74) is 6.36. The Morgan fingerprint density at radius 3 is 2.68 bits per heavy atom. The number of nitrogens with one attached hydrogen (secondary N) is 2. The van der Waals surface area contributed by atoms with E-state index >= 15 is 0 Å². The summed E-state index contributed by atoms with van der Waals surface area (Å²) >= 11 is 0. The van der Waals surface area contributed by atoms with E-state index in [1.165, 1.54) is 11.2 Å². The van der Waals surface area contributed by atoms with E-state index in [4.69, 9.17) is 5.73 Å². The number of amides is 2. The van der Waals surface area contributed by atoms with E-state index in [1.54, 1.807) is 18.2 Å². The van der Waals surface area contributed by atoms with E-state index in [2.05, 4.69) is 20.6 Å². The Kier molecular flexibility index (Phi) is 3.57. The number of aromatic nitrogens is 2. The van der Waals surface area contributed by atoms with Crippen LogP contribution in [0.4, 0.5) is 11.5 Å². The molecule has 1 atom stereocenters. The molecular formula is C14H14N6O2. The van der Waals surface area contributed by atoms with E-state index in [9.17, 15) is 9.59 Å². The van der Waals surface area contributed by atoms with Crippen molar-refractivity contribution in [2.24, 2.45) is 10.8 Å². The van der Waals surface area contributed by atoms with E-state index in [0.29, 0.717) is 11.5 Å². The normalized spacial score (nSPS) is 17.2. The number of hydrogen-bond acceptors (Lipinski definition) is 5. The maximum atomic E-state index is 12.2. The molecule has 0 radical (unpaired) electrons. The average Bonchev–Trinajstić information content (AvgIpc) is 3.17. The first-order chi connectivity index (χ1) is 10.6. The summed E-state index contributed by atoms with van der Waals surface area (Å²) < 4.78 is 0. The highest BCUT2D eigenvalue weighted by Gasteiger charge is 2.34. The van der Waals surface area contributed by atoms with Gasteiger partial charge >= 0.3 is 0 Å². The van der Waals surface area contributed by atoms with E-state index < -0.39 is 17.9 Å². The summed E-state index contributed by atoms with van der Waals surface area (Å²) in [6, 6.07) is 10.1. The third kappa shape index (κ3) is 2.66. The molecule has 0 spiro atoms. The Morgan fingerprint density at radius 1 is 1.27 bits per heavy atom. The molecule has 1 aromatic heterocycles. The second kappa shape index (κ2) is 5.68. The molecule has 2 amide bonds. The standard InChI is InChI=1S/C14H14N6O2/c15-13(21)11-8-10(14(22)17-12-6-7-16-18-12)19-20(11)9-4-2-1-3-5-9/h1-7,11H,8H2,(H2,15,21)(H2,16,17,18,22). The summed E-state index contributed by atoms with van der Waals surface area (Å²) in [5.74, 6) is -0.465. The van der Waals surface area contributed by atoms with Crippen LogP contribution < -0.4 is 16.1 Å². The lowest BCUT2D eigenvalue weighted by molar-refractivity contribution is -0.119. The molecular weight excluding hydrogens is 284 g/mol. The van der Waals surface area contributed by atoms with Crippen molar-refractivity contribution in [1.82, 2.24) is 10.2 Å². The van der Waals surface area contributed by atoms with Gasteiger partial charge in [-0.15, -0.1) is 0 Å². The minimum atomic E-state index is -0.676. The van der Waals surface area contributed by atoms with E-state index in [0.717, 1.165) is 0 Å². The molecule has 0 saturated carbocycles. The molecule has 8 heteroatoms. The summed E-state index contributed by atoms with van der Waals surface area (Å²) in [7, 11) is 0. The molecule has 0 bridgehead atoms. The van der Waals surface area contributed by atoms with Crippen LogP contribution in [-0.4, -0.2) is 33.8 Å². The number of anilines is 2. The van der Waals surface area contributed by atoms with Gasteiger partial charge in [0.25, 0.3) is 5.91 Å². The van der Waals surface area contributed by atoms with Crippen LogP contribution >= 0.6 is 0 Å². The van der Waals surface area contributed by atoms with Gasteiger partial charge in [0, 0.05) is 12.5 Å². The maximum absolute atomic E-state index is 12.2. The van der Waals surface area contributed by atoms with Crippen molar-refractivity contribution in [2.45, 2.75) is 12.5 Å². The fraction of sp³-hybridized carbons (Fsp3) is 0.143. The number of carbonyl (C=O) groups is 2. The molecule has 2 heterocycles. The van der Waals surface area contributed by atoms with Gasteiger partial charge in [0.05, 0.1) is 11.9 Å². The highest BCUT2D eigenvalue weighted by atomic mass is 16.2. The minimum absolute atomic E-state index is 0.157. The topological polar surface area (TPSA) is 116 Å². The molecule has 0 fully saturated rings. The molecule has 8 nitrogen and oxygen atoms in total. The molecule has 1 aromatic carbocycles. The zero-order chi connectivity index (χ0) is 15.5. The van der Waals surface area contributed by atoms with Crippen LogP contribution in [0, 0.1) is 0 Å². The summed E-state index contributed by atoms with van der Waals surface area (Å²) in [5, 5.41) is 14.7. The van der Waals surface area contributed by atoms with Gasteiger partial charge in [-0.05, 0) is 12.1 Å². The van der Waals surface area contributed by atoms with Gasteiger partial charge in [0.15, 0.2) is 0 Å². The number of primary amides is 1. The number of hydrazone groups is 1. The van der Waals surface area contributed by atoms with Gasteiger partial charge in [-0.1, -0.05) is 18.2 Å². The fourth-order valence-corrected chi connectivity index (χ4v) is 2.21. The van der Waals surface area contributed by atoms with Crippen LogP contribution in [-0.2, 0) is 9.59 Å².